The maximum atomic E-state index is 5.91. The van der Waals surface area contributed by atoms with E-state index in [1.807, 2.05) is 36.4 Å². The first-order valence-electron chi connectivity index (χ1n) is 8.63. The van der Waals surface area contributed by atoms with E-state index in [9.17, 15) is 0 Å². The first-order valence-corrected chi connectivity index (χ1v) is 8.63. The van der Waals surface area contributed by atoms with Gasteiger partial charge in [0.15, 0.2) is 17.5 Å². The molecule has 6 heteroatoms. The van der Waals surface area contributed by atoms with Crippen LogP contribution in [0.3, 0.4) is 0 Å². The van der Waals surface area contributed by atoms with Crippen LogP contribution in [0.15, 0.2) is 53.5 Å². The molecule has 0 saturated carbocycles. The van der Waals surface area contributed by atoms with Crippen molar-refractivity contribution < 1.29 is 14.2 Å². The summed E-state index contributed by atoms with van der Waals surface area (Å²) in [5.41, 5.74) is 7.99. The predicted molar refractivity (Wildman–Crippen MR) is 105 cm³/mol. The number of nitrogens with one attached hydrogen (secondary N) is 1. The van der Waals surface area contributed by atoms with Gasteiger partial charge >= 0.3 is 0 Å². The van der Waals surface area contributed by atoms with Crippen LogP contribution in [0.4, 0.5) is 5.69 Å². The van der Waals surface area contributed by atoms with Gasteiger partial charge in [-0.25, -0.2) is 0 Å². The van der Waals surface area contributed by atoms with Crippen LogP contribution in [0.1, 0.15) is 12.0 Å². The SMILES string of the molecule is COc1ccc(NC(N)=NCCCOCCc2ccccc2)cc1OC. The predicted octanol–water partition coefficient (Wildman–Crippen LogP) is 3.08. The molecule has 2 rings (SSSR count). The van der Waals surface area contributed by atoms with Crippen LogP contribution in [0.5, 0.6) is 11.5 Å². The van der Waals surface area contributed by atoms with Crippen LogP contribution >= 0.6 is 0 Å². The van der Waals surface area contributed by atoms with E-state index in [4.69, 9.17) is 19.9 Å². The molecule has 0 aliphatic heterocycles. The second-order valence-electron chi connectivity index (χ2n) is 5.66. The Hall–Kier alpha value is -2.73. The first kappa shape index (κ1) is 19.6. The molecule has 0 amide bonds. The molecule has 26 heavy (non-hydrogen) atoms. The van der Waals surface area contributed by atoms with Crippen molar-refractivity contribution in [2.45, 2.75) is 12.8 Å². The largest absolute Gasteiger partial charge is 0.493 e. The summed E-state index contributed by atoms with van der Waals surface area (Å²) in [5, 5.41) is 3.04. The van der Waals surface area contributed by atoms with Crippen molar-refractivity contribution in [2.75, 3.05) is 39.3 Å². The van der Waals surface area contributed by atoms with E-state index in [0.717, 1.165) is 18.5 Å². The molecule has 0 radical (unpaired) electrons. The highest BCUT2D eigenvalue weighted by Gasteiger charge is 2.04. The Morgan fingerprint density at radius 2 is 1.77 bits per heavy atom. The number of benzene rings is 2. The molecule has 0 aliphatic carbocycles. The summed E-state index contributed by atoms with van der Waals surface area (Å²) in [7, 11) is 3.19. The van der Waals surface area contributed by atoms with Gasteiger partial charge in [-0.2, -0.15) is 0 Å². The summed E-state index contributed by atoms with van der Waals surface area (Å²) in [5.74, 6) is 1.67. The molecule has 3 N–H and O–H groups in total. The van der Waals surface area contributed by atoms with Crippen molar-refractivity contribution in [1.82, 2.24) is 0 Å². The number of hydrogen-bond donors (Lipinski definition) is 2. The Kier molecular flexibility index (Phi) is 8.29. The Bertz CT molecular complexity index is 690. The van der Waals surface area contributed by atoms with Gasteiger partial charge in [-0.3, -0.25) is 4.99 Å². The molecule has 0 atom stereocenters. The summed E-state index contributed by atoms with van der Waals surface area (Å²) in [6.45, 7) is 1.99. The molecule has 2 aromatic rings. The highest BCUT2D eigenvalue weighted by atomic mass is 16.5. The molecule has 0 fully saturated rings. The molecule has 0 unspecified atom stereocenters. The van der Waals surface area contributed by atoms with Crippen molar-refractivity contribution in [3.8, 4) is 11.5 Å². The smallest absolute Gasteiger partial charge is 0.193 e. The molecule has 0 aliphatic rings. The fourth-order valence-corrected chi connectivity index (χ4v) is 2.40. The monoisotopic (exact) mass is 357 g/mol. The lowest BCUT2D eigenvalue weighted by molar-refractivity contribution is 0.136. The second kappa shape index (κ2) is 11.0. The molecular formula is C20H27N3O3. The van der Waals surface area contributed by atoms with E-state index in [1.165, 1.54) is 5.56 Å². The van der Waals surface area contributed by atoms with Crippen molar-refractivity contribution in [2.24, 2.45) is 10.7 Å². The summed E-state index contributed by atoms with van der Waals surface area (Å²) >= 11 is 0. The maximum absolute atomic E-state index is 5.91. The molecular weight excluding hydrogens is 330 g/mol. The topological polar surface area (TPSA) is 78.1 Å². The van der Waals surface area contributed by atoms with Crippen molar-refractivity contribution >= 4 is 11.6 Å². The standard InChI is InChI=1S/C20H27N3O3/c1-24-18-10-9-17(15-19(18)25-2)23-20(21)22-12-6-13-26-14-11-16-7-4-3-5-8-16/h3-5,7-10,15H,6,11-14H2,1-2H3,(H3,21,22,23). The van der Waals surface area contributed by atoms with Gasteiger partial charge < -0.3 is 25.3 Å². The number of methoxy groups -OCH3 is 2. The molecule has 0 bridgehead atoms. The highest BCUT2D eigenvalue weighted by molar-refractivity contribution is 5.92. The minimum Gasteiger partial charge on any atom is -0.493 e. The van der Waals surface area contributed by atoms with Crippen LogP contribution < -0.4 is 20.5 Å². The van der Waals surface area contributed by atoms with Gasteiger partial charge in [-0.15, -0.1) is 0 Å². The number of nitrogens with two attached hydrogens (primary N) is 1. The molecule has 0 aromatic heterocycles. The molecule has 0 spiro atoms. The first-order chi connectivity index (χ1) is 12.7. The number of guanidine groups is 1. The number of anilines is 1. The van der Waals surface area contributed by atoms with Gasteiger partial charge in [-0.1, -0.05) is 30.3 Å². The fourth-order valence-electron chi connectivity index (χ4n) is 2.40. The highest BCUT2D eigenvalue weighted by Crippen LogP contribution is 2.29. The van der Waals surface area contributed by atoms with Gasteiger partial charge in [0, 0.05) is 24.9 Å². The van der Waals surface area contributed by atoms with Crippen molar-refractivity contribution in [3.05, 3.63) is 54.1 Å². The number of hydrogen-bond acceptors (Lipinski definition) is 4. The Morgan fingerprint density at radius 1 is 1.00 bits per heavy atom. The Morgan fingerprint density at radius 3 is 2.50 bits per heavy atom. The van der Waals surface area contributed by atoms with Gasteiger partial charge in [0.1, 0.15) is 0 Å². The quantitative estimate of drug-likeness (QED) is 0.388. The normalized spacial score (nSPS) is 11.2. The lowest BCUT2D eigenvalue weighted by Gasteiger charge is -2.11. The number of aliphatic imine (C=N–C) groups is 1. The van der Waals surface area contributed by atoms with E-state index in [0.29, 0.717) is 37.2 Å². The second-order valence-corrected chi connectivity index (χ2v) is 5.66. The van der Waals surface area contributed by atoms with Crippen molar-refractivity contribution in [3.63, 3.8) is 0 Å². The van der Waals surface area contributed by atoms with Gasteiger partial charge in [-0.05, 0) is 30.5 Å². The van der Waals surface area contributed by atoms with Crippen LogP contribution in [-0.2, 0) is 11.2 Å². The number of rotatable bonds is 10. The van der Waals surface area contributed by atoms with Crippen molar-refractivity contribution in [1.29, 1.82) is 0 Å². The zero-order chi connectivity index (χ0) is 18.6. The third kappa shape index (κ3) is 6.64. The van der Waals surface area contributed by atoms with Crippen LogP contribution in [0.25, 0.3) is 0 Å². The van der Waals surface area contributed by atoms with E-state index in [-0.39, 0.29) is 0 Å². The minimum absolute atomic E-state index is 0.363. The van der Waals surface area contributed by atoms with Gasteiger partial charge in [0.25, 0.3) is 0 Å². The molecule has 140 valence electrons. The minimum atomic E-state index is 0.363. The van der Waals surface area contributed by atoms with Gasteiger partial charge in [0.2, 0.25) is 0 Å². The average molecular weight is 357 g/mol. The summed E-state index contributed by atoms with van der Waals surface area (Å²) in [6.07, 6.45) is 1.75. The molecule has 2 aromatic carbocycles. The Balaban J connectivity index is 1.65. The van der Waals surface area contributed by atoms with E-state index >= 15 is 0 Å². The van der Waals surface area contributed by atoms with Crippen LogP contribution in [-0.4, -0.2) is 39.9 Å². The molecule has 0 heterocycles. The number of ether oxygens (including phenoxy) is 3. The van der Waals surface area contributed by atoms with E-state index < -0.39 is 0 Å². The zero-order valence-corrected chi connectivity index (χ0v) is 15.4. The lowest BCUT2D eigenvalue weighted by atomic mass is 10.2. The third-order valence-electron chi connectivity index (χ3n) is 3.76. The molecule has 0 saturated heterocycles. The Labute approximate surface area is 155 Å². The summed E-state index contributed by atoms with van der Waals surface area (Å²) in [6, 6.07) is 15.8. The summed E-state index contributed by atoms with van der Waals surface area (Å²) in [4.78, 5) is 4.30. The van der Waals surface area contributed by atoms with Crippen LogP contribution in [0.2, 0.25) is 0 Å². The van der Waals surface area contributed by atoms with Gasteiger partial charge in [0.05, 0.1) is 20.8 Å². The van der Waals surface area contributed by atoms with E-state index in [1.54, 1.807) is 14.2 Å². The lowest BCUT2D eigenvalue weighted by Crippen LogP contribution is -2.23. The number of nitrogens with zero attached hydrogens (tertiary/aromatic N) is 1. The molecule has 6 nitrogen and oxygen atoms in total. The fraction of sp³-hybridized carbons (Fsp3) is 0.350. The average Bonchev–Trinajstić information content (AvgIpc) is 2.68. The maximum Gasteiger partial charge on any atom is 0.193 e. The van der Waals surface area contributed by atoms with E-state index in [2.05, 4.69) is 22.4 Å². The third-order valence-corrected chi connectivity index (χ3v) is 3.76. The van der Waals surface area contributed by atoms with Crippen LogP contribution in [0, 0.1) is 0 Å². The summed E-state index contributed by atoms with van der Waals surface area (Å²) < 4.78 is 16.1. The zero-order valence-electron chi connectivity index (χ0n) is 15.4.